The standard InChI is InChI=1S/C15H16N2OS/c16-14-3-1-2-12-4-6-17(9-13(12)14)15(18)8-11-5-7-19-10-11/h1-3,5,7,10H,4,6,8-9,16H2. The van der Waals surface area contributed by atoms with E-state index in [1.165, 1.54) is 5.56 Å². The largest absolute Gasteiger partial charge is 0.398 e. The van der Waals surface area contributed by atoms with Gasteiger partial charge in [0.15, 0.2) is 0 Å². The number of nitrogens with two attached hydrogens (primary N) is 1. The minimum absolute atomic E-state index is 0.187. The molecule has 0 atom stereocenters. The van der Waals surface area contributed by atoms with Crippen molar-refractivity contribution in [2.24, 2.45) is 0 Å². The quantitative estimate of drug-likeness (QED) is 0.854. The lowest BCUT2D eigenvalue weighted by molar-refractivity contribution is -0.131. The van der Waals surface area contributed by atoms with E-state index in [9.17, 15) is 4.79 Å². The summed E-state index contributed by atoms with van der Waals surface area (Å²) in [5, 5.41) is 4.04. The molecule has 1 amide bonds. The van der Waals surface area contributed by atoms with Crippen LogP contribution in [0.2, 0.25) is 0 Å². The predicted molar refractivity (Wildman–Crippen MR) is 78.0 cm³/mol. The fourth-order valence-corrected chi connectivity index (χ4v) is 3.17. The molecular formula is C15H16N2OS. The van der Waals surface area contributed by atoms with E-state index >= 15 is 0 Å². The molecule has 98 valence electrons. The molecule has 1 aromatic heterocycles. The molecule has 0 bridgehead atoms. The van der Waals surface area contributed by atoms with Crippen LogP contribution in [0, 0.1) is 0 Å². The summed E-state index contributed by atoms with van der Waals surface area (Å²) in [7, 11) is 0. The molecule has 0 radical (unpaired) electrons. The lowest BCUT2D eigenvalue weighted by atomic mass is 9.98. The zero-order valence-electron chi connectivity index (χ0n) is 10.6. The molecular weight excluding hydrogens is 256 g/mol. The molecule has 1 aliphatic heterocycles. The molecule has 4 heteroatoms. The van der Waals surface area contributed by atoms with Crippen molar-refractivity contribution in [2.45, 2.75) is 19.4 Å². The van der Waals surface area contributed by atoms with Gasteiger partial charge in [-0.05, 0) is 46.0 Å². The van der Waals surface area contributed by atoms with Gasteiger partial charge in [-0.3, -0.25) is 4.79 Å². The van der Waals surface area contributed by atoms with Crippen LogP contribution in [0.1, 0.15) is 16.7 Å². The highest BCUT2D eigenvalue weighted by Crippen LogP contribution is 2.24. The van der Waals surface area contributed by atoms with Gasteiger partial charge in [-0.25, -0.2) is 0 Å². The maximum atomic E-state index is 12.3. The Hall–Kier alpha value is -1.81. The maximum Gasteiger partial charge on any atom is 0.227 e. The number of amides is 1. The molecule has 3 nitrogen and oxygen atoms in total. The molecule has 0 fully saturated rings. The first kappa shape index (κ1) is 12.2. The van der Waals surface area contributed by atoms with Crippen LogP contribution in [-0.2, 0) is 24.2 Å². The molecule has 0 saturated carbocycles. The molecule has 0 spiro atoms. The van der Waals surface area contributed by atoms with E-state index < -0.39 is 0 Å². The summed E-state index contributed by atoms with van der Waals surface area (Å²) in [6, 6.07) is 8.00. The molecule has 0 aliphatic carbocycles. The second-order valence-electron chi connectivity index (χ2n) is 4.86. The zero-order valence-corrected chi connectivity index (χ0v) is 11.5. The van der Waals surface area contributed by atoms with Gasteiger partial charge >= 0.3 is 0 Å². The van der Waals surface area contributed by atoms with Crippen LogP contribution in [0.25, 0.3) is 0 Å². The number of hydrogen-bond acceptors (Lipinski definition) is 3. The van der Waals surface area contributed by atoms with Gasteiger partial charge in [-0.2, -0.15) is 11.3 Å². The van der Waals surface area contributed by atoms with Gasteiger partial charge in [0.05, 0.1) is 6.42 Å². The van der Waals surface area contributed by atoms with Gasteiger partial charge in [0.2, 0.25) is 5.91 Å². The van der Waals surface area contributed by atoms with Crippen molar-refractivity contribution in [3.8, 4) is 0 Å². The number of nitrogens with zero attached hydrogens (tertiary/aromatic N) is 1. The Balaban J connectivity index is 1.75. The summed E-state index contributed by atoms with van der Waals surface area (Å²) in [6.45, 7) is 1.43. The molecule has 2 N–H and O–H groups in total. The van der Waals surface area contributed by atoms with Crippen LogP contribution in [0.5, 0.6) is 0 Å². The third kappa shape index (κ3) is 2.49. The van der Waals surface area contributed by atoms with Gasteiger partial charge in [-0.15, -0.1) is 0 Å². The summed E-state index contributed by atoms with van der Waals surface area (Å²) in [5.41, 5.74) is 10.3. The second kappa shape index (κ2) is 5.05. The summed E-state index contributed by atoms with van der Waals surface area (Å²) in [5.74, 6) is 0.187. The number of benzene rings is 1. The summed E-state index contributed by atoms with van der Waals surface area (Å²) in [4.78, 5) is 14.2. The third-order valence-corrected chi connectivity index (χ3v) is 4.33. The number of hydrogen-bond donors (Lipinski definition) is 1. The van der Waals surface area contributed by atoms with Crippen LogP contribution >= 0.6 is 11.3 Å². The first-order chi connectivity index (χ1) is 9.24. The van der Waals surface area contributed by atoms with Crippen LogP contribution in [-0.4, -0.2) is 17.4 Å². The average molecular weight is 272 g/mol. The Labute approximate surface area is 116 Å². The van der Waals surface area contributed by atoms with Crippen molar-refractivity contribution in [3.63, 3.8) is 0 Å². The molecule has 1 aliphatic rings. The average Bonchev–Trinajstić information content (AvgIpc) is 2.92. The van der Waals surface area contributed by atoms with E-state index in [-0.39, 0.29) is 5.91 Å². The Morgan fingerprint density at radius 1 is 1.37 bits per heavy atom. The number of thiophene rings is 1. The first-order valence-corrected chi connectivity index (χ1v) is 7.33. The van der Waals surface area contributed by atoms with E-state index in [4.69, 9.17) is 5.73 Å². The normalized spacial score (nSPS) is 14.2. The topological polar surface area (TPSA) is 46.3 Å². The molecule has 1 aromatic carbocycles. The lowest BCUT2D eigenvalue weighted by Gasteiger charge is -2.29. The second-order valence-corrected chi connectivity index (χ2v) is 5.64. The van der Waals surface area contributed by atoms with Crippen molar-refractivity contribution < 1.29 is 4.79 Å². The maximum absolute atomic E-state index is 12.3. The first-order valence-electron chi connectivity index (χ1n) is 6.39. The van der Waals surface area contributed by atoms with Gasteiger partial charge in [-0.1, -0.05) is 12.1 Å². The summed E-state index contributed by atoms with van der Waals surface area (Å²) >= 11 is 1.63. The SMILES string of the molecule is Nc1cccc2c1CN(C(=O)Cc1ccsc1)CC2. The third-order valence-electron chi connectivity index (χ3n) is 3.60. The number of rotatable bonds is 2. The van der Waals surface area contributed by atoms with Crippen molar-refractivity contribution >= 4 is 22.9 Å². The number of carbonyl (C=O) groups excluding carboxylic acids is 1. The molecule has 0 unspecified atom stereocenters. The number of nitrogen functional groups attached to an aromatic ring is 1. The van der Waals surface area contributed by atoms with Crippen LogP contribution in [0.15, 0.2) is 35.0 Å². The van der Waals surface area contributed by atoms with Crippen molar-refractivity contribution in [1.82, 2.24) is 4.90 Å². The Morgan fingerprint density at radius 2 is 2.26 bits per heavy atom. The van der Waals surface area contributed by atoms with E-state index in [1.54, 1.807) is 11.3 Å². The van der Waals surface area contributed by atoms with E-state index in [1.807, 2.05) is 33.9 Å². The highest BCUT2D eigenvalue weighted by Gasteiger charge is 2.22. The molecule has 2 aromatic rings. The van der Waals surface area contributed by atoms with Crippen molar-refractivity contribution in [1.29, 1.82) is 0 Å². The van der Waals surface area contributed by atoms with Gasteiger partial charge in [0, 0.05) is 18.8 Å². The molecule has 19 heavy (non-hydrogen) atoms. The van der Waals surface area contributed by atoms with Gasteiger partial charge in [0.25, 0.3) is 0 Å². The monoisotopic (exact) mass is 272 g/mol. The molecule has 2 heterocycles. The summed E-state index contributed by atoms with van der Waals surface area (Å²) in [6.07, 6.45) is 1.39. The smallest absolute Gasteiger partial charge is 0.227 e. The molecule has 0 saturated heterocycles. The predicted octanol–water partition coefficient (Wildman–Crippen LogP) is 2.46. The number of anilines is 1. The lowest BCUT2D eigenvalue weighted by Crippen LogP contribution is -2.37. The van der Waals surface area contributed by atoms with Crippen LogP contribution in [0.3, 0.4) is 0 Å². The van der Waals surface area contributed by atoms with Gasteiger partial charge < -0.3 is 10.6 Å². The van der Waals surface area contributed by atoms with E-state index in [0.717, 1.165) is 29.8 Å². The Bertz CT molecular complexity index is 592. The van der Waals surface area contributed by atoms with Crippen molar-refractivity contribution in [2.75, 3.05) is 12.3 Å². The van der Waals surface area contributed by atoms with E-state index in [0.29, 0.717) is 13.0 Å². The van der Waals surface area contributed by atoms with Gasteiger partial charge in [0.1, 0.15) is 0 Å². The zero-order chi connectivity index (χ0) is 13.2. The number of fused-ring (bicyclic) bond motifs is 1. The van der Waals surface area contributed by atoms with Crippen LogP contribution in [0.4, 0.5) is 5.69 Å². The summed E-state index contributed by atoms with van der Waals surface area (Å²) < 4.78 is 0. The van der Waals surface area contributed by atoms with Crippen molar-refractivity contribution in [3.05, 3.63) is 51.7 Å². The fourth-order valence-electron chi connectivity index (χ4n) is 2.50. The minimum atomic E-state index is 0.187. The number of carbonyl (C=O) groups is 1. The minimum Gasteiger partial charge on any atom is -0.398 e. The van der Waals surface area contributed by atoms with E-state index in [2.05, 4.69) is 6.07 Å². The fraction of sp³-hybridized carbons (Fsp3) is 0.267. The van der Waals surface area contributed by atoms with Crippen LogP contribution < -0.4 is 5.73 Å². The molecule has 3 rings (SSSR count). The Kier molecular flexibility index (Phi) is 3.25. The highest BCUT2D eigenvalue weighted by molar-refractivity contribution is 7.07. The Morgan fingerprint density at radius 3 is 3.05 bits per heavy atom. The highest BCUT2D eigenvalue weighted by atomic mass is 32.1.